The van der Waals surface area contributed by atoms with Crippen molar-refractivity contribution in [2.75, 3.05) is 12.4 Å². The van der Waals surface area contributed by atoms with Gasteiger partial charge in [-0.05, 0) is 37.6 Å². The first-order chi connectivity index (χ1) is 11.8. The fraction of sp³-hybridized carbons (Fsp3) is 0.235. The van der Waals surface area contributed by atoms with E-state index in [4.69, 9.17) is 32.7 Å². The molecule has 1 heterocycles. The molecule has 0 aliphatic heterocycles. The van der Waals surface area contributed by atoms with Crippen LogP contribution >= 0.6 is 23.2 Å². The van der Waals surface area contributed by atoms with Crippen LogP contribution in [-0.2, 0) is 9.53 Å². The number of aryl methyl sites for hydroxylation is 1. The van der Waals surface area contributed by atoms with Crippen LogP contribution in [0.2, 0.25) is 10.2 Å². The van der Waals surface area contributed by atoms with Crippen molar-refractivity contribution >= 4 is 40.8 Å². The summed E-state index contributed by atoms with van der Waals surface area (Å²) < 4.78 is 10.3. The van der Waals surface area contributed by atoms with Gasteiger partial charge in [-0.3, -0.25) is 4.79 Å². The quantitative estimate of drug-likeness (QED) is 0.626. The third kappa shape index (κ3) is 4.61. The van der Waals surface area contributed by atoms with Crippen LogP contribution in [0.4, 0.5) is 5.69 Å². The Morgan fingerprint density at radius 1 is 1.28 bits per heavy atom. The van der Waals surface area contributed by atoms with Gasteiger partial charge < -0.3 is 14.8 Å². The summed E-state index contributed by atoms with van der Waals surface area (Å²) >= 11 is 11.9. The third-order valence-corrected chi connectivity index (χ3v) is 4.08. The lowest BCUT2D eigenvalue weighted by molar-refractivity contribution is -0.123. The molecule has 0 radical (unpaired) electrons. The molecule has 1 unspecified atom stereocenters. The summed E-state index contributed by atoms with van der Waals surface area (Å²) in [5, 5.41) is 3.18. The molecule has 0 saturated heterocycles. The average molecular weight is 383 g/mol. The Hall–Kier alpha value is -2.31. The summed E-state index contributed by atoms with van der Waals surface area (Å²) in [5.74, 6) is -0.855. The molecule has 1 aromatic heterocycles. The summed E-state index contributed by atoms with van der Waals surface area (Å²) in [4.78, 5) is 28.2. The number of esters is 1. The van der Waals surface area contributed by atoms with Crippen molar-refractivity contribution in [2.45, 2.75) is 20.0 Å². The van der Waals surface area contributed by atoms with E-state index in [0.29, 0.717) is 16.5 Å². The molecule has 0 fully saturated rings. The van der Waals surface area contributed by atoms with Crippen LogP contribution in [0.5, 0.6) is 5.75 Å². The molecule has 0 bridgehead atoms. The zero-order valence-electron chi connectivity index (χ0n) is 13.8. The lowest BCUT2D eigenvalue weighted by atomic mass is 10.2. The highest BCUT2D eigenvalue weighted by atomic mass is 35.5. The highest BCUT2D eigenvalue weighted by Crippen LogP contribution is 2.31. The molecule has 25 heavy (non-hydrogen) atoms. The second kappa shape index (κ2) is 8.18. The van der Waals surface area contributed by atoms with Gasteiger partial charge in [0.15, 0.2) is 6.10 Å². The minimum absolute atomic E-state index is 0.00936. The number of hydrogen-bond donors (Lipinski definition) is 1. The predicted molar refractivity (Wildman–Crippen MR) is 95.5 cm³/mol. The smallest absolute Gasteiger partial charge is 0.342 e. The van der Waals surface area contributed by atoms with Crippen LogP contribution in [0.25, 0.3) is 0 Å². The lowest BCUT2D eigenvalue weighted by Gasteiger charge is -2.16. The first-order valence-electron chi connectivity index (χ1n) is 7.30. The molecule has 0 saturated carbocycles. The van der Waals surface area contributed by atoms with Gasteiger partial charge in [0.1, 0.15) is 10.9 Å². The molecule has 1 amide bonds. The fourth-order valence-electron chi connectivity index (χ4n) is 1.98. The molecule has 0 spiro atoms. The van der Waals surface area contributed by atoms with Gasteiger partial charge in [0.05, 0.1) is 18.4 Å². The van der Waals surface area contributed by atoms with Gasteiger partial charge >= 0.3 is 5.97 Å². The second-order valence-corrected chi connectivity index (χ2v) is 5.95. The van der Waals surface area contributed by atoms with E-state index in [9.17, 15) is 9.59 Å². The SMILES string of the molecule is COc1cc(Cl)c(C)cc1NC(=O)C(C)OC(=O)c1cccnc1Cl. The largest absolute Gasteiger partial charge is 0.495 e. The minimum atomic E-state index is -1.05. The van der Waals surface area contributed by atoms with Crippen molar-refractivity contribution in [3.05, 3.63) is 51.8 Å². The molecule has 1 aromatic carbocycles. The van der Waals surface area contributed by atoms with Crippen molar-refractivity contribution in [3.63, 3.8) is 0 Å². The Morgan fingerprint density at radius 2 is 2.00 bits per heavy atom. The Kier molecular flexibility index (Phi) is 6.22. The van der Waals surface area contributed by atoms with E-state index < -0.39 is 18.0 Å². The van der Waals surface area contributed by atoms with Crippen LogP contribution in [-0.4, -0.2) is 30.1 Å². The van der Waals surface area contributed by atoms with Crippen molar-refractivity contribution in [1.82, 2.24) is 4.98 Å². The molecular formula is C17H16Cl2N2O4. The van der Waals surface area contributed by atoms with Crippen molar-refractivity contribution in [3.8, 4) is 5.75 Å². The number of carbonyl (C=O) groups excluding carboxylic acids is 2. The summed E-state index contributed by atoms with van der Waals surface area (Å²) in [6.07, 6.45) is 0.397. The van der Waals surface area contributed by atoms with Gasteiger partial charge in [-0.2, -0.15) is 0 Å². The molecular weight excluding hydrogens is 367 g/mol. The number of methoxy groups -OCH3 is 1. The molecule has 0 aliphatic rings. The highest BCUT2D eigenvalue weighted by molar-refractivity contribution is 6.32. The second-order valence-electron chi connectivity index (χ2n) is 5.18. The van der Waals surface area contributed by atoms with Crippen LogP contribution in [0.1, 0.15) is 22.8 Å². The van der Waals surface area contributed by atoms with Crippen molar-refractivity contribution in [2.24, 2.45) is 0 Å². The summed E-state index contributed by atoms with van der Waals surface area (Å²) in [6, 6.07) is 6.28. The lowest BCUT2D eigenvalue weighted by Crippen LogP contribution is -2.30. The number of nitrogens with zero attached hydrogens (tertiary/aromatic N) is 1. The van der Waals surface area contributed by atoms with Crippen molar-refractivity contribution in [1.29, 1.82) is 0 Å². The first-order valence-corrected chi connectivity index (χ1v) is 8.05. The van der Waals surface area contributed by atoms with E-state index in [0.717, 1.165) is 5.56 Å². The Morgan fingerprint density at radius 3 is 2.64 bits per heavy atom. The van der Waals surface area contributed by atoms with E-state index in [1.807, 2.05) is 0 Å². The van der Waals surface area contributed by atoms with E-state index in [-0.39, 0.29) is 10.7 Å². The number of carbonyl (C=O) groups is 2. The monoisotopic (exact) mass is 382 g/mol. The van der Waals surface area contributed by atoms with E-state index in [2.05, 4.69) is 10.3 Å². The normalized spacial score (nSPS) is 11.6. The van der Waals surface area contributed by atoms with Gasteiger partial charge in [-0.25, -0.2) is 9.78 Å². The summed E-state index contributed by atoms with van der Waals surface area (Å²) in [6.45, 7) is 3.25. The number of halogens is 2. The number of nitrogens with one attached hydrogen (secondary N) is 1. The standard InChI is InChI=1S/C17H16Cl2N2O4/c1-9-7-13(14(24-3)8-12(9)18)21-16(22)10(2)25-17(23)11-5-4-6-20-15(11)19/h4-8,10H,1-3H3,(H,21,22). The number of aromatic nitrogens is 1. The number of ether oxygens (including phenoxy) is 2. The molecule has 1 N–H and O–H groups in total. The number of pyridine rings is 1. The number of benzene rings is 1. The summed E-state index contributed by atoms with van der Waals surface area (Å²) in [5.41, 5.74) is 1.28. The summed E-state index contributed by atoms with van der Waals surface area (Å²) in [7, 11) is 1.46. The van der Waals surface area contributed by atoms with Gasteiger partial charge in [-0.15, -0.1) is 0 Å². The van der Waals surface area contributed by atoms with Gasteiger partial charge in [0.25, 0.3) is 5.91 Å². The van der Waals surface area contributed by atoms with Gasteiger partial charge in [0.2, 0.25) is 0 Å². The van der Waals surface area contributed by atoms with Gasteiger partial charge in [0, 0.05) is 17.3 Å². The number of anilines is 1. The Labute approximate surface area is 155 Å². The first kappa shape index (κ1) is 19.0. The molecule has 2 rings (SSSR count). The van der Waals surface area contributed by atoms with Crippen LogP contribution in [0.3, 0.4) is 0 Å². The van der Waals surface area contributed by atoms with Crippen LogP contribution in [0, 0.1) is 6.92 Å². The maximum Gasteiger partial charge on any atom is 0.342 e. The van der Waals surface area contributed by atoms with Crippen LogP contribution < -0.4 is 10.1 Å². The average Bonchev–Trinajstić information content (AvgIpc) is 2.58. The number of rotatable bonds is 5. The zero-order valence-corrected chi connectivity index (χ0v) is 15.3. The topological polar surface area (TPSA) is 77.5 Å². The van der Waals surface area contributed by atoms with Crippen molar-refractivity contribution < 1.29 is 19.1 Å². The highest BCUT2D eigenvalue weighted by Gasteiger charge is 2.22. The third-order valence-electron chi connectivity index (χ3n) is 3.37. The van der Waals surface area contributed by atoms with Crippen LogP contribution in [0.15, 0.2) is 30.5 Å². The minimum Gasteiger partial charge on any atom is -0.495 e. The van der Waals surface area contributed by atoms with E-state index in [1.165, 1.54) is 26.3 Å². The maximum atomic E-state index is 12.3. The maximum absolute atomic E-state index is 12.3. The molecule has 132 valence electrons. The predicted octanol–water partition coefficient (Wildman–Crippen LogP) is 3.89. The molecule has 2 aromatic rings. The van der Waals surface area contributed by atoms with E-state index >= 15 is 0 Å². The fourth-order valence-corrected chi connectivity index (χ4v) is 2.33. The molecule has 1 atom stereocenters. The van der Waals surface area contributed by atoms with E-state index in [1.54, 1.807) is 25.1 Å². The molecule has 0 aliphatic carbocycles. The number of hydrogen-bond acceptors (Lipinski definition) is 5. The molecule has 6 nitrogen and oxygen atoms in total. The molecule has 8 heteroatoms. The Balaban J connectivity index is 2.10. The number of amides is 1. The zero-order chi connectivity index (χ0) is 18.6. The van der Waals surface area contributed by atoms with Gasteiger partial charge in [-0.1, -0.05) is 23.2 Å². The Bertz CT molecular complexity index is 811.